The number of nitrogens with zero attached hydrogens (tertiary/aromatic N) is 1. The van der Waals surface area contributed by atoms with Crippen LogP contribution in [0.1, 0.15) is 32.0 Å². The third kappa shape index (κ3) is 3.31. The van der Waals surface area contributed by atoms with E-state index in [2.05, 4.69) is 11.6 Å². The molecule has 84 valence electrons. The molecule has 1 rings (SSSR count). The molecule has 0 atom stereocenters. The Labute approximate surface area is 88.8 Å². The Kier molecular flexibility index (Phi) is 4.91. The summed E-state index contributed by atoms with van der Waals surface area (Å²) in [5.74, 6) is -2.94. The number of nitrogens with two attached hydrogens (primary N) is 1. The Morgan fingerprint density at radius 1 is 1.47 bits per heavy atom. The van der Waals surface area contributed by atoms with Crippen molar-refractivity contribution in [2.75, 3.05) is 5.73 Å². The van der Waals surface area contributed by atoms with Crippen LogP contribution in [-0.2, 0) is 5.92 Å². The van der Waals surface area contributed by atoms with Crippen molar-refractivity contribution in [3.63, 3.8) is 0 Å². The van der Waals surface area contributed by atoms with E-state index in [9.17, 15) is 8.78 Å². The first-order valence-electron chi connectivity index (χ1n) is 4.72. The summed E-state index contributed by atoms with van der Waals surface area (Å²) in [4.78, 5) is 3.79. The van der Waals surface area contributed by atoms with Gasteiger partial charge in [0, 0.05) is 18.7 Å². The molecule has 0 aliphatic carbocycles. The van der Waals surface area contributed by atoms with Crippen molar-refractivity contribution < 1.29 is 8.78 Å². The fourth-order valence-corrected chi connectivity index (χ4v) is 1.03. The molecule has 0 amide bonds. The van der Waals surface area contributed by atoms with Crippen molar-refractivity contribution in [3.05, 3.63) is 30.1 Å². The molecule has 1 aromatic rings. The van der Waals surface area contributed by atoms with Crippen LogP contribution >= 0.6 is 0 Å². The smallest absolute Gasteiger partial charge is 0.272 e. The zero-order chi connectivity index (χ0) is 12.1. The van der Waals surface area contributed by atoms with Gasteiger partial charge in [-0.1, -0.05) is 20.4 Å². The SMILES string of the molecule is C=Cc1nccc(C(C)(F)F)c1N.CC. The average molecular weight is 214 g/mol. The zero-order valence-electron chi connectivity index (χ0n) is 9.22. The number of nitrogen functional groups attached to an aromatic ring is 1. The number of aromatic nitrogens is 1. The van der Waals surface area contributed by atoms with Gasteiger partial charge in [-0.05, 0) is 12.1 Å². The summed E-state index contributed by atoms with van der Waals surface area (Å²) in [7, 11) is 0. The quantitative estimate of drug-likeness (QED) is 0.819. The molecule has 0 spiro atoms. The van der Waals surface area contributed by atoms with Crippen LogP contribution in [0.3, 0.4) is 0 Å². The highest BCUT2D eigenvalue weighted by Gasteiger charge is 2.27. The number of alkyl halides is 2. The molecule has 0 aliphatic rings. The second kappa shape index (κ2) is 5.44. The maximum absolute atomic E-state index is 12.9. The molecule has 0 saturated heterocycles. The molecule has 4 heteroatoms. The average Bonchev–Trinajstić information content (AvgIpc) is 2.19. The van der Waals surface area contributed by atoms with E-state index in [0.717, 1.165) is 6.92 Å². The van der Waals surface area contributed by atoms with E-state index in [1.54, 1.807) is 0 Å². The molecule has 0 unspecified atom stereocenters. The minimum atomic E-state index is -2.94. The van der Waals surface area contributed by atoms with Crippen LogP contribution in [0, 0.1) is 0 Å². The summed E-state index contributed by atoms with van der Waals surface area (Å²) in [6.45, 7) is 8.22. The molecule has 0 radical (unpaired) electrons. The van der Waals surface area contributed by atoms with Crippen molar-refractivity contribution >= 4 is 11.8 Å². The molecule has 2 N–H and O–H groups in total. The summed E-state index contributed by atoms with van der Waals surface area (Å²) in [6.07, 6.45) is 2.64. The fourth-order valence-electron chi connectivity index (χ4n) is 1.03. The first-order chi connectivity index (χ1) is 6.96. The maximum atomic E-state index is 12.9. The second-order valence-corrected chi connectivity index (χ2v) is 2.75. The number of halogens is 2. The lowest BCUT2D eigenvalue weighted by Gasteiger charge is -2.13. The zero-order valence-corrected chi connectivity index (χ0v) is 9.22. The topological polar surface area (TPSA) is 38.9 Å². The van der Waals surface area contributed by atoms with Gasteiger partial charge >= 0.3 is 0 Å². The Morgan fingerprint density at radius 3 is 2.40 bits per heavy atom. The van der Waals surface area contributed by atoms with Gasteiger partial charge in [0.15, 0.2) is 0 Å². The first-order valence-corrected chi connectivity index (χ1v) is 4.72. The van der Waals surface area contributed by atoms with E-state index in [1.165, 1.54) is 18.3 Å². The third-order valence-electron chi connectivity index (χ3n) is 1.69. The van der Waals surface area contributed by atoms with Crippen LogP contribution in [0.2, 0.25) is 0 Å². The van der Waals surface area contributed by atoms with Gasteiger partial charge in [0.25, 0.3) is 5.92 Å². The van der Waals surface area contributed by atoms with Crippen LogP contribution < -0.4 is 5.73 Å². The van der Waals surface area contributed by atoms with Gasteiger partial charge in [-0.25, -0.2) is 8.78 Å². The van der Waals surface area contributed by atoms with Gasteiger partial charge in [0.1, 0.15) is 0 Å². The fraction of sp³-hybridized carbons (Fsp3) is 0.364. The standard InChI is InChI=1S/C9H10F2N2.C2H6/c1-3-7-8(12)6(4-5-13-7)9(2,10)11;1-2/h3-5H,1,12H2,2H3;1-2H3. The lowest BCUT2D eigenvalue weighted by atomic mass is 10.1. The van der Waals surface area contributed by atoms with Gasteiger partial charge in [0.05, 0.1) is 11.4 Å². The van der Waals surface area contributed by atoms with E-state index in [-0.39, 0.29) is 11.3 Å². The van der Waals surface area contributed by atoms with E-state index in [4.69, 9.17) is 5.73 Å². The third-order valence-corrected chi connectivity index (χ3v) is 1.69. The molecule has 0 aliphatic heterocycles. The van der Waals surface area contributed by atoms with Crippen LogP contribution in [0.4, 0.5) is 14.5 Å². The number of hydrogen-bond acceptors (Lipinski definition) is 2. The van der Waals surface area contributed by atoms with Crippen molar-refractivity contribution in [3.8, 4) is 0 Å². The Bertz CT molecular complexity index is 330. The van der Waals surface area contributed by atoms with E-state index >= 15 is 0 Å². The van der Waals surface area contributed by atoms with Gasteiger partial charge in [0.2, 0.25) is 0 Å². The molecule has 2 nitrogen and oxygen atoms in total. The molecular weight excluding hydrogens is 198 g/mol. The molecule has 0 bridgehead atoms. The summed E-state index contributed by atoms with van der Waals surface area (Å²) < 4.78 is 25.8. The highest BCUT2D eigenvalue weighted by Crippen LogP contribution is 2.32. The first kappa shape index (κ1) is 13.5. The minimum absolute atomic E-state index is 0.00926. The Hall–Kier alpha value is -1.45. The maximum Gasteiger partial charge on any atom is 0.272 e. The van der Waals surface area contributed by atoms with Crippen molar-refractivity contribution in [1.82, 2.24) is 4.98 Å². The summed E-state index contributed by atoms with van der Waals surface area (Å²) in [6, 6.07) is 1.21. The highest BCUT2D eigenvalue weighted by molar-refractivity contribution is 5.63. The van der Waals surface area contributed by atoms with E-state index in [1.807, 2.05) is 13.8 Å². The lowest BCUT2D eigenvalue weighted by Crippen LogP contribution is -2.11. The van der Waals surface area contributed by atoms with Crippen LogP contribution in [0.15, 0.2) is 18.8 Å². The van der Waals surface area contributed by atoms with Gasteiger partial charge < -0.3 is 5.73 Å². The second-order valence-electron chi connectivity index (χ2n) is 2.75. The monoisotopic (exact) mass is 214 g/mol. The number of pyridine rings is 1. The molecule has 0 fully saturated rings. The molecule has 1 aromatic heterocycles. The predicted octanol–water partition coefficient (Wildman–Crippen LogP) is 3.44. The summed E-state index contributed by atoms with van der Waals surface area (Å²) in [5, 5.41) is 0. The lowest BCUT2D eigenvalue weighted by molar-refractivity contribution is 0.0182. The summed E-state index contributed by atoms with van der Waals surface area (Å²) in [5.41, 5.74) is 5.54. The largest absolute Gasteiger partial charge is 0.397 e. The van der Waals surface area contributed by atoms with Gasteiger partial charge in [-0.2, -0.15) is 0 Å². The molecule has 15 heavy (non-hydrogen) atoms. The van der Waals surface area contributed by atoms with Crippen molar-refractivity contribution in [1.29, 1.82) is 0 Å². The van der Waals surface area contributed by atoms with Crippen LogP contribution in [0.25, 0.3) is 6.08 Å². The van der Waals surface area contributed by atoms with Gasteiger partial charge in [-0.3, -0.25) is 4.98 Å². The molecule has 1 heterocycles. The number of hydrogen-bond donors (Lipinski definition) is 1. The van der Waals surface area contributed by atoms with E-state index < -0.39 is 5.92 Å². The van der Waals surface area contributed by atoms with Gasteiger partial charge in [-0.15, -0.1) is 0 Å². The highest BCUT2D eigenvalue weighted by atomic mass is 19.3. The molecule has 0 saturated carbocycles. The molecule has 0 aromatic carbocycles. The predicted molar refractivity (Wildman–Crippen MR) is 59.7 cm³/mol. The van der Waals surface area contributed by atoms with Crippen molar-refractivity contribution in [2.24, 2.45) is 0 Å². The number of anilines is 1. The Balaban J connectivity index is 0.000000921. The van der Waals surface area contributed by atoms with Crippen molar-refractivity contribution in [2.45, 2.75) is 26.7 Å². The van der Waals surface area contributed by atoms with Crippen LogP contribution in [-0.4, -0.2) is 4.98 Å². The number of rotatable bonds is 2. The minimum Gasteiger partial charge on any atom is -0.397 e. The summed E-state index contributed by atoms with van der Waals surface area (Å²) >= 11 is 0. The molecular formula is C11H16F2N2. The Morgan fingerprint density at radius 2 is 2.00 bits per heavy atom. The van der Waals surface area contributed by atoms with E-state index in [0.29, 0.717) is 5.69 Å². The normalized spacial score (nSPS) is 10.2. The van der Waals surface area contributed by atoms with Crippen LogP contribution in [0.5, 0.6) is 0 Å².